The quantitative estimate of drug-likeness (QED) is 0.843. The molecule has 2 saturated heterocycles. The van der Waals surface area contributed by atoms with Crippen LogP contribution in [0.25, 0.3) is 0 Å². The van der Waals surface area contributed by atoms with Crippen LogP contribution in [-0.2, 0) is 0 Å². The molecule has 0 bridgehead atoms. The van der Waals surface area contributed by atoms with Gasteiger partial charge in [0.25, 0.3) is 5.91 Å². The van der Waals surface area contributed by atoms with Crippen molar-refractivity contribution in [1.82, 2.24) is 19.7 Å². The summed E-state index contributed by atoms with van der Waals surface area (Å²) in [6.45, 7) is 13.6. The molecule has 3 heterocycles. The number of aromatic nitrogens is 1. The molecule has 1 amide bonds. The molecule has 1 aromatic rings. The molecule has 25 heavy (non-hydrogen) atoms. The predicted molar refractivity (Wildman–Crippen MR) is 103 cm³/mol. The second kappa shape index (κ2) is 9.88. The van der Waals surface area contributed by atoms with Gasteiger partial charge in [-0.25, -0.2) is 0 Å². The molecule has 0 spiro atoms. The number of rotatable bonds is 3. The maximum absolute atomic E-state index is 12.5. The minimum absolute atomic E-state index is 0.0862. The highest BCUT2D eigenvalue weighted by molar-refractivity contribution is 5.92. The van der Waals surface area contributed by atoms with Gasteiger partial charge in [0.2, 0.25) is 0 Å². The minimum Gasteiger partial charge on any atom is -0.337 e. The van der Waals surface area contributed by atoms with Crippen molar-refractivity contribution >= 4 is 5.91 Å². The van der Waals surface area contributed by atoms with Crippen LogP contribution < -0.4 is 0 Å². The molecular weight excluding hydrogens is 312 g/mol. The first-order valence-corrected chi connectivity index (χ1v) is 9.74. The lowest BCUT2D eigenvalue weighted by Crippen LogP contribution is -2.48. The van der Waals surface area contributed by atoms with Gasteiger partial charge in [-0.1, -0.05) is 19.9 Å². The zero-order valence-electron chi connectivity index (χ0n) is 16.4. The second-order valence-electron chi connectivity index (χ2n) is 7.06. The highest BCUT2D eigenvalue weighted by atomic mass is 16.2. The Morgan fingerprint density at radius 3 is 2.28 bits per heavy atom. The molecule has 0 saturated carbocycles. The largest absolute Gasteiger partial charge is 0.337 e. The SMILES string of the molecule is CC.Cc1ccc(C(=O)N2CCC(CN3CCN(C)CC3)CC2)nc1. The predicted octanol–water partition coefficient (Wildman–Crippen LogP) is 2.52. The van der Waals surface area contributed by atoms with Gasteiger partial charge in [-0.15, -0.1) is 0 Å². The van der Waals surface area contributed by atoms with E-state index in [2.05, 4.69) is 21.8 Å². The first kappa shape index (κ1) is 19.9. The Labute approximate surface area is 153 Å². The average Bonchev–Trinajstić information content (AvgIpc) is 2.66. The molecule has 0 N–H and O–H groups in total. The number of carbonyl (C=O) groups is 1. The summed E-state index contributed by atoms with van der Waals surface area (Å²) < 4.78 is 0. The van der Waals surface area contributed by atoms with E-state index in [0.717, 1.165) is 37.4 Å². The van der Waals surface area contributed by atoms with E-state index in [0.29, 0.717) is 5.69 Å². The number of hydrogen-bond donors (Lipinski definition) is 0. The zero-order valence-corrected chi connectivity index (χ0v) is 16.4. The smallest absolute Gasteiger partial charge is 0.272 e. The van der Waals surface area contributed by atoms with Crippen LogP contribution in [0.4, 0.5) is 0 Å². The van der Waals surface area contributed by atoms with E-state index in [1.807, 2.05) is 37.8 Å². The van der Waals surface area contributed by atoms with Gasteiger partial charge < -0.3 is 14.7 Å². The molecule has 0 unspecified atom stereocenters. The summed E-state index contributed by atoms with van der Waals surface area (Å²) in [6.07, 6.45) is 4.00. The summed E-state index contributed by atoms with van der Waals surface area (Å²) in [4.78, 5) is 23.7. The van der Waals surface area contributed by atoms with E-state index in [1.54, 1.807) is 6.20 Å². The van der Waals surface area contributed by atoms with Crippen molar-refractivity contribution in [2.45, 2.75) is 33.6 Å². The van der Waals surface area contributed by atoms with Gasteiger partial charge in [-0.3, -0.25) is 9.78 Å². The van der Waals surface area contributed by atoms with Crippen molar-refractivity contribution in [1.29, 1.82) is 0 Å². The lowest BCUT2D eigenvalue weighted by molar-refractivity contribution is 0.0638. The third-order valence-corrected chi connectivity index (χ3v) is 5.14. The van der Waals surface area contributed by atoms with E-state index in [1.165, 1.54) is 32.7 Å². The molecule has 2 aliphatic heterocycles. The Balaban J connectivity index is 0.00000109. The fraction of sp³-hybridized carbons (Fsp3) is 0.700. The molecule has 0 atom stereocenters. The lowest BCUT2D eigenvalue weighted by Gasteiger charge is -2.37. The average molecular weight is 347 g/mol. The van der Waals surface area contributed by atoms with Gasteiger partial charge in [-0.05, 0) is 44.4 Å². The van der Waals surface area contributed by atoms with E-state index in [-0.39, 0.29) is 5.91 Å². The van der Waals surface area contributed by atoms with Crippen LogP contribution in [0.15, 0.2) is 18.3 Å². The lowest BCUT2D eigenvalue weighted by atomic mass is 9.95. The molecule has 2 fully saturated rings. The van der Waals surface area contributed by atoms with Crippen molar-refractivity contribution in [2.24, 2.45) is 5.92 Å². The molecule has 0 aromatic carbocycles. The normalized spacial score (nSPS) is 20.1. The highest BCUT2D eigenvalue weighted by Gasteiger charge is 2.26. The van der Waals surface area contributed by atoms with Gasteiger partial charge in [0.15, 0.2) is 0 Å². The van der Waals surface area contributed by atoms with Crippen LogP contribution in [0.1, 0.15) is 42.7 Å². The number of amides is 1. The van der Waals surface area contributed by atoms with Crippen molar-refractivity contribution in [3.05, 3.63) is 29.6 Å². The van der Waals surface area contributed by atoms with Crippen LogP contribution in [0.5, 0.6) is 0 Å². The second-order valence-corrected chi connectivity index (χ2v) is 7.06. The zero-order chi connectivity index (χ0) is 18.2. The summed E-state index contributed by atoms with van der Waals surface area (Å²) in [6, 6.07) is 3.80. The summed E-state index contributed by atoms with van der Waals surface area (Å²) >= 11 is 0. The van der Waals surface area contributed by atoms with Gasteiger partial charge in [-0.2, -0.15) is 0 Å². The molecule has 140 valence electrons. The Morgan fingerprint density at radius 2 is 1.72 bits per heavy atom. The number of piperazine rings is 1. The summed E-state index contributed by atoms with van der Waals surface area (Å²) in [5, 5.41) is 0. The molecule has 0 radical (unpaired) electrons. The Bertz CT molecular complexity index is 515. The minimum atomic E-state index is 0.0862. The first-order chi connectivity index (χ1) is 12.1. The standard InChI is InChI=1S/C18H28N4O.C2H6/c1-15-3-4-17(19-13-15)18(23)22-7-5-16(6-8-22)14-21-11-9-20(2)10-12-21;1-2/h3-4,13,16H,5-12,14H2,1-2H3;1-2H3. The number of aryl methyl sites for hydroxylation is 1. The van der Waals surface area contributed by atoms with Crippen LogP contribution in [0, 0.1) is 12.8 Å². The van der Waals surface area contributed by atoms with Crippen LogP contribution in [-0.4, -0.2) is 78.5 Å². The third kappa shape index (κ3) is 5.79. The number of likely N-dealkylation sites (tertiary alicyclic amines) is 1. The Morgan fingerprint density at radius 1 is 1.08 bits per heavy atom. The van der Waals surface area contributed by atoms with Crippen molar-refractivity contribution in [3.63, 3.8) is 0 Å². The maximum atomic E-state index is 12.5. The van der Waals surface area contributed by atoms with Gasteiger partial charge in [0.05, 0.1) is 0 Å². The fourth-order valence-electron chi connectivity index (χ4n) is 3.47. The molecule has 5 nitrogen and oxygen atoms in total. The van der Waals surface area contributed by atoms with Crippen molar-refractivity contribution in [3.8, 4) is 0 Å². The number of likely N-dealkylation sites (N-methyl/N-ethyl adjacent to an activating group) is 1. The fourth-order valence-corrected chi connectivity index (χ4v) is 3.47. The molecule has 5 heteroatoms. The molecule has 1 aromatic heterocycles. The number of carbonyl (C=O) groups excluding carboxylic acids is 1. The van der Waals surface area contributed by atoms with E-state index in [4.69, 9.17) is 0 Å². The third-order valence-electron chi connectivity index (χ3n) is 5.14. The van der Waals surface area contributed by atoms with Gasteiger partial charge >= 0.3 is 0 Å². The monoisotopic (exact) mass is 346 g/mol. The number of nitrogens with zero attached hydrogens (tertiary/aromatic N) is 4. The summed E-state index contributed by atoms with van der Waals surface area (Å²) in [5.41, 5.74) is 1.67. The molecule has 3 rings (SSSR count). The van der Waals surface area contributed by atoms with E-state index >= 15 is 0 Å². The van der Waals surface area contributed by atoms with E-state index < -0.39 is 0 Å². The maximum Gasteiger partial charge on any atom is 0.272 e. The Kier molecular flexibility index (Phi) is 7.85. The Hall–Kier alpha value is -1.46. The molecule has 2 aliphatic rings. The van der Waals surface area contributed by atoms with Crippen molar-refractivity contribution < 1.29 is 4.79 Å². The summed E-state index contributed by atoms with van der Waals surface area (Å²) in [7, 11) is 2.19. The number of hydrogen-bond acceptors (Lipinski definition) is 4. The van der Waals surface area contributed by atoms with Crippen LogP contribution in [0.3, 0.4) is 0 Å². The van der Waals surface area contributed by atoms with Crippen LogP contribution in [0.2, 0.25) is 0 Å². The van der Waals surface area contributed by atoms with Crippen LogP contribution >= 0.6 is 0 Å². The topological polar surface area (TPSA) is 39.7 Å². The highest BCUT2D eigenvalue weighted by Crippen LogP contribution is 2.20. The number of pyridine rings is 1. The first-order valence-electron chi connectivity index (χ1n) is 9.74. The van der Waals surface area contributed by atoms with Gasteiger partial charge in [0, 0.05) is 52.0 Å². The van der Waals surface area contributed by atoms with Crippen molar-refractivity contribution in [2.75, 3.05) is 52.9 Å². The number of piperidine rings is 1. The molecular formula is C20H34N4O. The van der Waals surface area contributed by atoms with E-state index in [9.17, 15) is 4.79 Å². The molecule has 0 aliphatic carbocycles. The summed E-state index contributed by atoms with van der Waals surface area (Å²) in [5.74, 6) is 0.816. The van der Waals surface area contributed by atoms with Gasteiger partial charge in [0.1, 0.15) is 5.69 Å².